The molecule has 0 saturated carbocycles. The zero-order valence-electron chi connectivity index (χ0n) is 18.8. The second-order valence-corrected chi connectivity index (χ2v) is 15.0. The Morgan fingerprint density at radius 2 is 1.81 bits per heavy atom. The lowest BCUT2D eigenvalue weighted by atomic mass is 9.76. The molecule has 0 spiro atoms. The summed E-state index contributed by atoms with van der Waals surface area (Å²) in [6.07, 6.45) is 0.179. The van der Waals surface area contributed by atoms with Gasteiger partial charge in [0.15, 0.2) is 20.0 Å². The third kappa shape index (κ3) is 5.54. The number of methoxy groups -OCH3 is 1. The van der Waals surface area contributed by atoms with Crippen molar-refractivity contribution in [2.24, 2.45) is 10.4 Å². The van der Waals surface area contributed by atoms with Crippen molar-refractivity contribution < 1.29 is 23.8 Å². The fourth-order valence-corrected chi connectivity index (χ4v) is 3.53. The number of ether oxygens (including phenoxy) is 2. The molecule has 1 N–H and O–H groups in total. The van der Waals surface area contributed by atoms with E-state index in [0.29, 0.717) is 18.7 Å². The van der Waals surface area contributed by atoms with Gasteiger partial charge in [-0.15, -0.1) is 0 Å². The van der Waals surface area contributed by atoms with Crippen molar-refractivity contribution in [3.8, 4) is 0 Å². The summed E-state index contributed by atoms with van der Waals surface area (Å²) >= 11 is 0. The molecule has 1 heterocycles. The molecule has 3 atom stereocenters. The van der Waals surface area contributed by atoms with E-state index in [1.807, 2.05) is 27.7 Å². The second kappa shape index (κ2) is 8.21. The van der Waals surface area contributed by atoms with Crippen LogP contribution in [0.15, 0.2) is 4.99 Å². The van der Waals surface area contributed by atoms with Gasteiger partial charge in [-0.1, -0.05) is 41.5 Å². The summed E-state index contributed by atoms with van der Waals surface area (Å²) in [5.41, 5.74) is -1.25. The molecule has 27 heavy (non-hydrogen) atoms. The number of aliphatic hydroxyl groups is 1. The predicted molar refractivity (Wildman–Crippen MR) is 111 cm³/mol. The summed E-state index contributed by atoms with van der Waals surface area (Å²) in [7, 11) is -0.363. The van der Waals surface area contributed by atoms with E-state index in [2.05, 4.69) is 38.9 Å². The Hall–Kier alpha value is -0.923. The molecule has 0 bridgehead atoms. The Morgan fingerprint density at radius 1 is 1.26 bits per heavy atom. The van der Waals surface area contributed by atoms with E-state index in [1.165, 1.54) is 0 Å². The molecule has 1 aliphatic heterocycles. The maximum absolute atomic E-state index is 12.5. The van der Waals surface area contributed by atoms with Crippen molar-refractivity contribution in [2.75, 3.05) is 13.7 Å². The summed E-state index contributed by atoms with van der Waals surface area (Å²) in [4.78, 5) is 17.0. The molecule has 7 heteroatoms. The van der Waals surface area contributed by atoms with E-state index in [1.54, 1.807) is 7.11 Å². The minimum absolute atomic E-state index is 0.0922. The van der Waals surface area contributed by atoms with E-state index in [9.17, 15) is 9.90 Å². The average Bonchev–Trinajstić information content (AvgIpc) is 2.50. The predicted octanol–water partition coefficient (Wildman–Crippen LogP) is 3.92. The number of rotatable bonds is 6. The lowest BCUT2D eigenvalue weighted by Gasteiger charge is -2.43. The van der Waals surface area contributed by atoms with E-state index >= 15 is 0 Å². The van der Waals surface area contributed by atoms with E-state index in [0.717, 1.165) is 0 Å². The van der Waals surface area contributed by atoms with Crippen LogP contribution in [0.4, 0.5) is 0 Å². The molecule has 0 unspecified atom stereocenters. The van der Waals surface area contributed by atoms with Gasteiger partial charge in [0.1, 0.15) is 0 Å². The molecule has 158 valence electrons. The third-order valence-electron chi connectivity index (χ3n) is 6.10. The quantitative estimate of drug-likeness (QED) is 0.539. The highest BCUT2D eigenvalue weighted by Crippen LogP contribution is 2.39. The molecule has 0 radical (unpaired) electrons. The van der Waals surface area contributed by atoms with Crippen molar-refractivity contribution in [3.05, 3.63) is 0 Å². The van der Waals surface area contributed by atoms with Crippen LogP contribution in [0.5, 0.6) is 0 Å². The van der Waals surface area contributed by atoms with Crippen LogP contribution >= 0.6 is 0 Å². The van der Waals surface area contributed by atoms with E-state index in [-0.39, 0.29) is 23.0 Å². The first-order valence-electron chi connectivity index (χ1n) is 9.72. The number of cyclic esters (lactones) is 1. The SMILES string of the molecule is COC1=N[C@H](CC[C@H](O)CO[Si](C)(C)C(C)(C)C)C(=O)O[C@@]1(C)C(C)(C)C. The maximum Gasteiger partial charge on any atom is 0.332 e. The zero-order chi connectivity index (χ0) is 21.3. The van der Waals surface area contributed by atoms with Crippen LogP contribution in [-0.4, -0.2) is 56.8 Å². The van der Waals surface area contributed by atoms with Crippen LogP contribution in [0.2, 0.25) is 18.1 Å². The minimum atomic E-state index is -1.91. The molecular weight excluding hydrogens is 362 g/mol. The van der Waals surface area contributed by atoms with Crippen LogP contribution in [-0.2, 0) is 18.7 Å². The Labute approximate surface area is 165 Å². The normalized spacial score (nSPS) is 25.7. The smallest absolute Gasteiger partial charge is 0.332 e. The fourth-order valence-electron chi connectivity index (χ4n) is 2.49. The number of esters is 1. The van der Waals surface area contributed by atoms with Gasteiger partial charge in [-0.3, -0.25) is 0 Å². The highest BCUT2D eigenvalue weighted by atomic mass is 28.4. The fraction of sp³-hybridized carbons (Fsp3) is 0.900. The Kier molecular flexibility index (Phi) is 7.33. The number of hydrogen-bond acceptors (Lipinski definition) is 6. The highest BCUT2D eigenvalue weighted by molar-refractivity contribution is 6.74. The average molecular weight is 402 g/mol. The highest BCUT2D eigenvalue weighted by Gasteiger charge is 2.51. The molecule has 0 saturated heterocycles. The first kappa shape index (κ1) is 24.1. The van der Waals surface area contributed by atoms with Gasteiger partial charge < -0.3 is 19.0 Å². The van der Waals surface area contributed by atoms with Crippen LogP contribution in [0.25, 0.3) is 0 Å². The van der Waals surface area contributed by atoms with Gasteiger partial charge in [-0.25, -0.2) is 9.79 Å². The van der Waals surface area contributed by atoms with Gasteiger partial charge in [0, 0.05) is 5.41 Å². The summed E-state index contributed by atoms with van der Waals surface area (Å²) < 4.78 is 17.2. The molecular formula is C20H39NO5Si. The van der Waals surface area contributed by atoms with Gasteiger partial charge in [0.25, 0.3) is 0 Å². The van der Waals surface area contributed by atoms with Crippen molar-refractivity contribution in [1.82, 2.24) is 0 Å². The van der Waals surface area contributed by atoms with Crippen LogP contribution in [0.1, 0.15) is 61.3 Å². The largest absolute Gasteiger partial charge is 0.481 e. The van der Waals surface area contributed by atoms with Crippen molar-refractivity contribution in [2.45, 2.75) is 97.2 Å². The number of aliphatic imine (C=N–C) groups is 1. The number of carbonyl (C=O) groups is 1. The zero-order valence-corrected chi connectivity index (χ0v) is 19.8. The van der Waals surface area contributed by atoms with Crippen LogP contribution in [0, 0.1) is 5.41 Å². The molecule has 0 aromatic heterocycles. The lowest BCUT2D eigenvalue weighted by molar-refractivity contribution is -0.166. The van der Waals surface area contributed by atoms with Gasteiger partial charge >= 0.3 is 5.97 Å². The molecule has 6 nitrogen and oxygen atoms in total. The standard InChI is InChI=1S/C20H39NO5Si/c1-18(2,3)20(7)17(24-8)21-15(16(23)26-20)12-11-14(22)13-25-27(9,10)19(4,5)6/h14-15,22H,11-13H2,1-10H3/t14-,15+,20+/m0/s1. The van der Waals surface area contributed by atoms with Gasteiger partial charge in [-0.05, 0) is 37.9 Å². The first-order chi connectivity index (χ1) is 12.0. The summed E-state index contributed by atoms with van der Waals surface area (Å²) in [6, 6.07) is -0.655. The summed E-state index contributed by atoms with van der Waals surface area (Å²) in [5.74, 6) is 0.0531. The lowest BCUT2D eigenvalue weighted by Crippen LogP contribution is -2.56. The van der Waals surface area contributed by atoms with E-state index in [4.69, 9.17) is 13.9 Å². The number of nitrogens with zero attached hydrogens (tertiary/aromatic N) is 1. The molecule has 1 aliphatic rings. The Balaban J connectivity index is 2.72. The van der Waals surface area contributed by atoms with Gasteiger partial charge in [-0.2, -0.15) is 0 Å². The molecule has 0 aromatic carbocycles. The maximum atomic E-state index is 12.5. The summed E-state index contributed by atoms with van der Waals surface area (Å²) in [5, 5.41) is 10.4. The van der Waals surface area contributed by atoms with Crippen LogP contribution < -0.4 is 0 Å². The van der Waals surface area contributed by atoms with Crippen molar-refractivity contribution in [1.29, 1.82) is 0 Å². The minimum Gasteiger partial charge on any atom is -0.481 e. The number of hydrogen-bond donors (Lipinski definition) is 1. The van der Waals surface area contributed by atoms with E-state index < -0.39 is 26.1 Å². The number of carbonyl (C=O) groups excluding carboxylic acids is 1. The Bertz CT molecular complexity index is 562. The van der Waals surface area contributed by atoms with Gasteiger partial charge in [0.2, 0.25) is 5.90 Å². The number of aliphatic hydroxyl groups excluding tert-OH is 1. The second-order valence-electron chi connectivity index (χ2n) is 10.2. The third-order valence-corrected chi connectivity index (χ3v) is 10.6. The molecule has 0 amide bonds. The molecule has 1 rings (SSSR count). The Morgan fingerprint density at radius 3 is 2.26 bits per heavy atom. The monoisotopic (exact) mass is 401 g/mol. The van der Waals surface area contributed by atoms with Crippen molar-refractivity contribution in [3.63, 3.8) is 0 Å². The van der Waals surface area contributed by atoms with Gasteiger partial charge in [0.05, 0.1) is 19.8 Å². The van der Waals surface area contributed by atoms with Crippen molar-refractivity contribution >= 4 is 20.2 Å². The molecule has 0 aliphatic carbocycles. The summed E-state index contributed by atoms with van der Waals surface area (Å²) in [6.45, 7) is 18.8. The molecule has 0 aromatic rings. The van der Waals surface area contributed by atoms with Crippen LogP contribution in [0.3, 0.4) is 0 Å². The molecule has 0 fully saturated rings. The first-order valence-corrected chi connectivity index (χ1v) is 12.6. The topological polar surface area (TPSA) is 77.4 Å².